The number of nitrogens with zero attached hydrogens (tertiary/aromatic N) is 3. The molecular weight excluding hydrogens is 432 g/mol. The standard InChI is InChI=1S/C18H30FN5.HI/c1-4-20-18(21-9-8-15-6-5-7-16(19)12-15)22-13-17-14-23(2)10-11-24(17)3;/h5-7,12,17H,4,8-11,13-14H2,1-3H3,(H2,20,21,22);1H. The van der Waals surface area contributed by atoms with E-state index < -0.39 is 0 Å². The molecule has 1 atom stereocenters. The molecule has 0 saturated carbocycles. The highest BCUT2D eigenvalue weighted by Gasteiger charge is 2.21. The number of halogens is 2. The summed E-state index contributed by atoms with van der Waals surface area (Å²) in [4.78, 5) is 9.45. The van der Waals surface area contributed by atoms with Crippen LogP contribution >= 0.6 is 24.0 Å². The Balaban J connectivity index is 0.00000312. The van der Waals surface area contributed by atoms with E-state index in [1.54, 1.807) is 12.1 Å². The minimum Gasteiger partial charge on any atom is -0.357 e. The molecule has 0 bridgehead atoms. The molecule has 1 heterocycles. The maximum atomic E-state index is 13.2. The van der Waals surface area contributed by atoms with Crippen molar-refractivity contribution in [3.05, 3.63) is 35.6 Å². The highest BCUT2D eigenvalue weighted by atomic mass is 127. The molecular formula is C18H31FIN5. The van der Waals surface area contributed by atoms with Crippen LogP contribution in [0.25, 0.3) is 0 Å². The van der Waals surface area contributed by atoms with Gasteiger partial charge in [0.05, 0.1) is 6.54 Å². The maximum Gasteiger partial charge on any atom is 0.191 e. The van der Waals surface area contributed by atoms with Crippen molar-refractivity contribution in [1.29, 1.82) is 0 Å². The van der Waals surface area contributed by atoms with Gasteiger partial charge in [-0.25, -0.2) is 4.39 Å². The zero-order valence-corrected chi connectivity index (χ0v) is 17.8. The highest BCUT2D eigenvalue weighted by molar-refractivity contribution is 14.0. The minimum atomic E-state index is -0.183. The predicted molar refractivity (Wildman–Crippen MR) is 113 cm³/mol. The van der Waals surface area contributed by atoms with Gasteiger partial charge in [-0.3, -0.25) is 9.89 Å². The molecule has 0 spiro atoms. The summed E-state index contributed by atoms with van der Waals surface area (Å²) in [7, 11) is 4.32. The number of hydrogen-bond acceptors (Lipinski definition) is 3. The average molecular weight is 463 g/mol. The summed E-state index contributed by atoms with van der Waals surface area (Å²) >= 11 is 0. The molecule has 0 aliphatic carbocycles. The number of benzene rings is 1. The molecule has 2 N–H and O–H groups in total. The first-order valence-electron chi connectivity index (χ1n) is 8.74. The normalized spacial score (nSPS) is 19.4. The molecule has 1 unspecified atom stereocenters. The third-order valence-corrected chi connectivity index (χ3v) is 4.38. The largest absolute Gasteiger partial charge is 0.357 e. The minimum absolute atomic E-state index is 0. The molecule has 1 aromatic carbocycles. The fourth-order valence-corrected chi connectivity index (χ4v) is 2.85. The zero-order valence-electron chi connectivity index (χ0n) is 15.5. The van der Waals surface area contributed by atoms with Gasteiger partial charge in [-0.15, -0.1) is 24.0 Å². The Morgan fingerprint density at radius 2 is 2.08 bits per heavy atom. The Morgan fingerprint density at radius 1 is 1.28 bits per heavy atom. The van der Waals surface area contributed by atoms with Crippen LogP contribution in [0, 0.1) is 5.82 Å². The average Bonchev–Trinajstić information content (AvgIpc) is 2.55. The van der Waals surface area contributed by atoms with Crippen LogP contribution in [0.15, 0.2) is 29.3 Å². The van der Waals surface area contributed by atoms with Crippen LogP contribution < -0.4 is 10.6 Å². The van der Waals surface area contributed by atoms with Crippen molar-refractivity contribution >= 4 is 29.9 Å². The lowest BCUT2D eigenvalue weighted by Gasteiger charge is -2.36. The third-order valence-electron chi connectivity index (χ3n) is 4.38. The van der Waals surface area contributed by atoms with Crippen molar-refractivity contribution < 1.29 is 4.39 Å². The highest BCUT2D eigenvalue weighted by Crippen LogP contribution is 2.06. The summed E-state index contributed by atoms with van der Waals surface area (Å²) in [6.45, 7) is 7.63. The monoisotopic (exact) mass is 463 g/mol. The van der Waals surface area contributed by atoms with Crippen molar-refractivity contribution in [1.82, 2.24) is 20.4 Å². The quantitative estimate of drug-likeness (QED) is 0.384. The first-order chi connectivity index (χ1) is 11.6. The summed E-state index contributed by atoms with van der Waals surface area (Å²) in [6, 6.07) is 7.20. The molecule has 1 aromatic rings. The fourth-order valence-electron chi connectivity index (χ4n) is 2.85. The number of rotatable bonds is 6. The van der Waals surface area contributed by atoms with Crippen LogP contribution in [0.1, 0.15) is 12.5 Å². The van der Waals surface area contributed by atoms with Gasteiger partial charge in [0.2, 0.25) is 0 Å². The van der Waals surface area contributed by atoms with Gasteiger partial charge in [-0.05, 0) is 45.1 Å². The van der Waals surface area contributed by atoms with Gasteiger partial charge in [0.1, 0.15) is 5.82 Å². The lowest BCUT2D eigenvalue weighted by atomic mass is 10.1. The van der Waals surface area contributed by atoms with Gasteiger partial charge in [-0.1, -0.05) is 12.1 Å². The van der Waals surface area contributed by atoms with E-state index in [2.05, 4.69) is 41.5 Å². The van der Waals surface area contributed by atoms with Gasteiger partial charge in [0, 0.05) is 38.8 Å². The zero-order chi connectivity index (χ0) is 17.4. The molecule has 7 heteroatoms. The molecule has 2 rings (SSSR count). The van der Waals surface area contributed by atoms with Crippen LogP contribution in [0.4, 0.5) is 4.39 Å². The lowest BCUT2D eigenvalue weighted by molar-refractivity contribution is 0.119. The Bertz CT molecular complexity index is 540. The molecule has 142 valence electrons. The second-order valence-electron chi connectivity index (χ2n) is 6.42. The summed E-state index contributed by atoms with van der Waals surface area (Å²) < 4.78 is 13.2. The van der Waals surface area contributed by atoms with Crippen molar-refractivity contribution in [2.24, 2.45) is 4.99 Å². The molecule has 0 amide bonds. The SMILES string of the molecule is CCNC(=NCC1CN(C)CCN1C)NCCc1cccc(F)c1.I. The van der Waals surface area contributed by atoms with E-state index in [9.17, 15) is 4.39 Å². The number of nitrogens with one attached hydrogen (secondary N) is 2. The lowest BCUT2D eigenvalue weighted by Crippen LogP contribution is -2.51. The van der Waals surface area contributed by atoms with Crippen LogP contribution in [0.5, 0.6) is 0 Å². The van der Waals surface area contributed by atoms with Gasteiger partial charge >= 0.3 is 0 Å². The second-order valence-corrected chi connectivity index (χ2v) is 6.42. The van der Waals surface area contributed by atoms with Gasteiger partial charge in [0.15, 0.2) is 5.96 Å². The Morgan fingerprint density at radius 3 is 2.80 bits per heavy atom. The molecule has 0 aromatic heterocycles. The molecule has 1 aliphatic heterocycles. The molecule has 0 radical (unpaired) electrons. The summed E-state index contributed by atoms with van der Waals surface area (Å²) in [6.07, 6.45) is 0.772. The molecule has 25 heavy (non-hydrogen) atoms. The van der Waals surface area contributed by atoms with Gasteiger partial charge in [0.25, 0.3) is 0 Å². The van der Waals surface area contributed by atoms with E-state index in [4.69, 9.17) is 4.99 Å². The first kappa shape index (κ1) is 22.1. The van der Waals surface area contributed by atoms with Crippen molar-refractivity contribution in [3.63, 3.8) is 0 Å². The van der Waals surface area contributed by atoms with Gasteiger partial charge < -0.3 is 15.5 Å². The summed E-state index contributed by atoms with van der Waals surface area (Å²) in [5, 5.41) is 6.62. The summed E-state index contributed by atoms with van der Waals surface area (Å²) in [5.41, 5.74) is 0.993. The molecule has 1 saturated heterocycles. The number of aliphatic imine (C=N–C) groups is 1. The number of hydrogen-bond donors (Lipinski definition) is 2. The summed E-state index contributed by atoms with van der Waals surface area (Å²) in [5.74, 6) is 0.646. The maximum absolute atomic E-state index is 13.2. The van der Waals surface area contributed by atoms with E-state index in [-0.39, 0.29) is 29.8 Å². The Labute approximate surface area is 168 Å². The van der Waals surface area contributed by atoms with E-state index >= 15 is 0 Å². The smallest absolute Gasteiger partial charge is 0.191 e. The molecule has 1 fully saturated rings. The van der Waals surface area contributed by atoms with Crippen molar-refractivity contribution in [3.8, 4) is 0 Å². The molecule has 1 aliphatic rings. The first-order valence-corrected chi connectivity index (χ1v) is 8.74. The Kier molecular flexibility index (Phi) is 10.3. The van der Waals surface area contributed by atoms with Crippen molar-refractivity contribution in [2.45, 2.75) is 19.4 Å². The predicted octanol–water partition coefficient (Wildman–Crippen LogP) is 1.79. The van der Waals surface area contributed by atoms with E-state index in [1.807, 2.05) is 6.07 Å². The van der Waals surface area contributed by atoms with E-state index in [1.165, 1.54) is 6.07 Å². The number of likely N-dealkylation sites (N-methyl/N-ethyl adjacent to an activating group) is 2. The Hall–Kier alpha value is -0.930. The van der Waals surface area contributed by atoms with E-state index in [0.29, 0.717) is 6.04 Å². The second kappa shape index (κ2) is 11.6. The number of guanidine groups is 1. The van der Waals surface area contributed by atoms with Crippen LogP contribution in [0.3, 0.4) is 0 Å². The van der Waals surface area contributed by atoms with Gasteiger partial charge in [-0.2, -0.15) is 0 Å². The third kappa shape index (κ3) is 7.87. The topological polar surface area (TPSA) is 42.9 Å². The molecule has 5 nitrogen and oxygen atoms in total. The van der Waals surface area contributed by atoms with Crippen LogP contribution in [-0.4, -0.2) is 75.2 Å². The van der Waals surface area contributed by atoms with E-state index in [0.717, 1.165) is 57.2 Å². The van der Waals surface area contributed by atoms with Crippen LogP contribution in [0.2, 0.25) is 0 Å². The van der Waals surface area contributed by atoms with Crippen molar-refractivity contribution in [2.75, 3.05) is 53.4 Å². The fraction of sp³-hybridized carbons (Fsp3) is 0.611. The number of piperazine rings is 1. The van der Waals surface area contributed by atoms with Crippen LogP contribution in [-0.2, 0) is 6.42 Å².